The molecule has 1 fully saturated rings. The quantitative estimate of drug-likeness (QED) is 0.769. The van der Waals surface area contributed by atoms with Crippen LogP contribution in [0.2, 0.25) is 0 Å². The molecule has 1 saturated heterocycles. The second kappa shape index (κ2) is 8.75. The molecule has 7 nitrogen and oxygen atoms in total. The van der Waals surface area contributed by atoms with Gasteiger partial charge >= 0.3 is 0 Å². The lowest BCUT2D eigenvalue weighted by Gasteiger charge is -2.21. The summed E-state index contributed by atoms with van der Waals surface area (Å²) in [7, 11) is 2.54. The van der Waals surface area contributed by atoms with Gasteiger partial charge in [0.2, 0.25) is 10.0 Å². The van der Waals surface area contributed by atoms with E-state index in [1.807, 2.05) is 7.05 Å². The van der Waals surface area contributed by atoms with Gasteiger partial charge in [0.1, 0.15) is 17.2 Å². The van der Waals surface area contributed by atoms with E-state index in [1.165, 1.54) is 25.6 Å². The van der Waals surface area contributed by atoms with E-state index in [2.05, 4.69) is 5.32 Å². The van der Waals surface area contributed by atoms with Gasteiger partial charge < -0.3 is 19.5 Å². The molecule has 9 heteroatoms. The first-order valence-electron chi connectivity index (χ1n) is 7.42. The summed E-state index contributed by atoms with van der Waals surface area (Å²) in [6, 6.07) is 3.10. The van der Waals surface area contributed by atoms with Crippen molar-refractivity contribution >= 4 is 22.4 Å². The van der Waals surface area contributed by atoms with Gasteiger partial charge in [-0.3, -0.25) is 0 Å². The van der Waals surface area contributed by atoms with Gasteiger partial charge in [-0.15, -0.1) is 12.4 Å². The SMILES string of the molecule is CNCC1CCN(S(=O)(=O)c2c(OC)cc(OC)cc2OC)C1.Cl. The number of hydrogen-bond donors (Lipinski definition) is 1. The third-order valence-electron chi connectivity index (χ3n) is 4.01. The lowest BCUT2D eigenvalue weighted by atomic mass is 10.1. The Morgan fingerprint density at radius 1 is 1.17 bits per heavy atom. The second-order valence-corrected chi connectivity index (χ2v) is 7.31. The molecule has 0 bridgehead atoms. The topological polar surface area (TPSA) is 77.1 Å². The fourth-order valence-corrected chi connectivity index (χ4v) is 4.63. The van der Waals surface area contributed by atoms with Crippen LogP contribution < -0.4 is 19.5 Å². The summed E-state index contributed by atoms with van der Waals surface area (Å²) >= 11 is 0. The highest BCUT2D eigenvalue weighted by molar-refractivity contribution is 7.89. The maximum Gasteiger partial charge on any atom is 0.250 e. The van der Waals surface area contributed by atoms with Crippen LogP contribution in [0.5, 0.6) is 17.2 Å². The van der Waals surface area contributed by atoms with Crippen LogP contribution in [0.1, 0.15) is 6.42 Å². The van der Waals surface area contributed by atoms with Gasteiger partial charge in [0, 0.05) is 25.2 Å². The summed E-state index contributed by atoms with van der Waals surface area (Å²) < 4.78 is 43.3. The van der Waals surface area contributed by atoms with E-state index in [0.29, 0.717) is 24.8 Å². The number of ether oxygens (including phenoxy) is 3. The zero-order valence-electron chi connectivity index (χ0n) is 14.4. The lowest BCUT2D eigenvalue weighted by Crippen LogP contribution is -2.31. The van der Waals surface area contributed by atoms with E-state index in [0.717, 1.165) is 13.0 Å². The molecular weight excluding hydrogens is 356 g/mol. The molecule has 1 unspecified atom stereocenters. The average Bonchev–Trinajstić information content (AvgIpc) is 3.03. The summed E-state index contributed by atoms with van der Waals surface area (Å²) in [6.07, 6.45) is 0.834. The van der Waals surface area contributed by atoms with Gasteiger partial charge in [0.15, 0.2) is 4.90 Å². The van der Waals surface area contributed by atoms with Crippen LogP contribution in [-0.2, 0) is 10.0 Å². The molecule has 0 aliphatic carbocycles. The first-order chi connectivity index (χ1) is 11.0. The Kier molecular flexibility index (Phi) is 7.59. The summed E-state index contributed by atoms with van der Waals surface area (Å²) in [5.41, 5.74) is 0. The minimum absolute atomic E-state index is 0. The predicted molar refractivity (Wildman–Crippen MR) is 94.1 cm³/mol. The first-order valence-corrected chi connectivity index (χ1v) is 8.86. The van der Waals surface area contributed by atoms with Crippen molar-refractivity contribution in [3.63, 3.8) is 0 Å². The van der Waals surface area contributed by atoms with Crippen LogP contribution in [0.15, 0.2) is 17.0 Å². The monoisotopic (exact) mass is 380 g/mol. The van der Waals surface area contributed by atoms with Crippen molar-refractivity contribution in [1.29, 1.82) is 0 Å². The Morgan fingerprint density at radius 2 is 1.75 bits per heavy atom. The van der Waals surface area contributed by atoms with Crippen molar-refractivity contribution in [2.45, 2.75) is 11.3 Å². The van der Waals surface area contributed by atoms with Crippen LogP contribution in [0.4, 0.5) is 0 Å². The van der Waals surface area contributed by atoms with E-state index in [1.54, 1.807) is 12.1 Å². The molecule has 0 aromatic heterocycles. The molecule has 2 rings (SSSR count). The molecule has 24 heavy (non-hydrogen) atoms. The molecule has 0 saturated carbocycles. The number of nitrogens with zero attached hydrogens (tertiary/aromatic N) is 1. The van der Waals surface area contributed by atoms with Crippen LogP contribution >= 0.6 is 12.4 Å². The number of sulfonamides is 1. The van der Waals surface area contributed by atoms with Gasteiger partial charge in [0.05, 0.1) is 21.3 Å². The molecule has 0 spiro atoms. The van der Waals surface area contributed by atoms with Gasteiger partial charge in [0.25, 0.3) is 0 Å². The van der Waals surface area contributed by atoms with Crippen molar-refractivity contribution < 1.29 is 22.6 Å². The summed E-state index contributed by atoms with van der Waals surface area (Å²) in [4.78, 5) is 0.0495. The largest absolute Gasteiger partial charge is 0.496 e. The number of rotatable bonds is 7. The second-order valence-electron chi connectivity index (χ2n) is 5.44. The van der Waals surface area contributed by atoms with E-state index in [9.17, 15) is 8.42 Å². The highest BCUT2D eigenvalue weighted by atomic mass is 35.5. The number of methoxy groups -OCH3 is 3. The van der Waals surface area contributed by atoms with E-state index >= 15 is 0 Å². The van der Waals surface area contributed by atoms with Crippen molar-refractivity contribution in [1.82, 2.24) is 9.62 Å². The smallest absolute Gasteiger partial charge is 0.250 e. The van der Waals surface area contributed by atoms with Gasteiger partial charge in [-0.1, -0.05) is 0 Å². The Hall–Kier alpha value is -1.22. The van der Waals surface area contributed by atoms with Crippen LogP contribution in [0, 0.1) is 5.92 Å². The number of nitrogens with one attached hydrogen (secondary N) is 1. The highest BCUT2D eigenvalue weighted by Gasteiger charge is 2.36. The molecule has 1 aliphatic rings. The predicted octanol–water partition coefficient (Wildman–Crippen LogP) is 1.36. The Balaban J connectivity index is 0.00000288. The molecule has 1 atom stereocenters. The maximum atomic E-state index is 13.0. The lowest BCUT2D eigenvalue weighted by molar-refractivity contribution is 0.355. The normalized spacial score (nSPS) is 18.1. The third kappa shape index (κ3) is 4.05. The maximum absolute atomic E-state index is 13.0. The third-order valence-corrected chi connectivity index (χ3v) is 5.94. The van der Waals surface area contributed by atoms with Crippen LogP contribution in [0.25, 0.3) is 0 Å². The number of benzene rings is 1. The van der Waals surface area contributed by atoms with Crippen molar-refractivity contribution in [2.75, 3.05) is 48.0 Å². The zero-order valence-corrected chi connectivity index (χ0v) is 16.0. The van der Waals surface area contributed by atoms with Gasteiger partial charge in [-0.05, 0) is 25.9 Å². The van der Waals surface area contributed by atoms with Gasteiger partial charge in [-0.25, -0.2) is 8.42 Å². The van der Waals surface area contributed by atoms with E-state index in [-0.39, 0.29) is 28.8 Å². The number of halogens is 1. The Bertz CT molecular complexity index is 628. The first kappa shape index (κ1) is 20.8. The van der Waals surface area contributed by atoms with Crippen molar-refractivity contribution in [3.8, 4) is 17.2 Å². The fraction of sp³-hybridized carbons (Fsp3) is 0.600. The molecule has 1 aromatic rings. The fourth-order valence-electron chi connectivity index (χ4n) is 2.83. The summed E-state index contributed by atoms with van der Waals surface area (Å²) in [5.74, 6) is 1.23. The number of hydrogen-bond acceptors (Lipinski definition) is 6. The zero-order chi connectivity index (χ0) is 17.0. The average molecular weight is 381 g/mol. The van der Waals surface area contributed by atoms with E-state index in [4.69, 9.17) is 14.2 Å². The minimum Gasteiger partial charge on any atom is -0.496 e. The molecule has 0 amide bonds. The minimum atomic E-state index is -3.70. The molecule has 1 aromatic carbocycles. The Morgan fingerprint density at radius 3 is 2.21 bits per heavy atom. The van der Waals surface area contributed by atoms with Crippen molar-refractivity contribution in [3.05, 3.63) is 12.1 Å². The Labute approximate surface area is 149 Å². The molecular formula is C15H25ClN2O5S. The van der Waals surface area contributed by atoms with E-state index < -0.39 is 10.0 Å². The van der Waals surface area contributed by atoms with Gasteiger partial charge in [-0.2, -0.15) is 4.31 Å². The molecule has 1 heterocycles. The summed E-state index contributed by atoms with van der Waals surface area (Å²) in [5, 5.41) is 3.09. The standard InChI is InChI=1S/C15H24N2O5S.ClH/c1-16-9-11-5-6-17(10-11)23(18,19)15-13(21-3)7-12(20-2)8-14(15)22-4;/h7-8,11,16H,5-6,9-10H2,1-4H3;1H. The molecule has 0 radical (unpaired) electrons. The molecule has 138 valence electrons. The highest BCUT2D eigenvalue weighted by Crippen LogP contribution is 2.40. The summed E-state index contributed by atoms with van der Waals surface area (Å²) in [6.45, 7) is 1.78. The van der Waals surface area contributed by atoms with Crippen molar-refractivity contribution in [2.24, 2.45) is 5.92 Å². The molecule has 1 aliphatic heterocycles. The van der Waals surface area contributed by atoms with Crippen LogP contribution in [0.3, 0.4) is 0 Å². The molecule has 1 N–H and O–H groups in total. The van der Waals surface area contributed by atoms with Crippen LogP contribution in [-0.4, -0.2) is 60.7 Å².